The van der Waals surface area contributed by atoms with E-state index in [4.69, 9.17) is 0 Å². The molecule has 126 valence electrons. The summed E-state index contributed by atoms with van der Waals surface area (Å²) >= 11 is 0. The van der Waals surface area contributed by atoms with Crippen molar-refractivity contribution in [3.8, 4) is 0 Å². The quantitative estimate of drug-likeness (QED) is 0.661. The molecule has 1 nitrogen and oxygen atoms in total. The van der Waals surface area contributed by atoms with Crippen molar-refractivity contribution in [3.63, 3.8) is 0 Å². The number of ketones is 1. The minimum atomic E-state index is 0.207. The SMILES string of the molecule is O=C1/C=C\c2c3cc4cc2CCCc2cc(cc(c21)CCC3)CCC4. The lowest BCUT2D eigenvalue weighted by molar-refractivity contribution is 0.104. The van der Waals surface area contributed by atoms with E-state index in [1.165, 1.54) is 45.4 Å². The summed E-state index contributed by atoms with van der Waals surface area (Å²) in [7, 11) is 0. The minimum absolute atomic E-state index is 0.207. The third kappa shape index (κ3) is 2.66. The van der Waals surface area contributed by atoms with Gasteiger partial charge < -0.3 is 0 Å². The zero-order chi connectivity index (χ0) is 16.8. The second-order valence-electron chi connectivity index (χ2n) is 7.88. The molecule has 8 bridgehead atoms. The van der Waals surface area contributed by atoms with Crippen LogP contribution in [-0.2, 0) is 38.5 Å². The summed E-state index contributed by atoms with van der Waals surface area (Å²) in [6, 6.07) is 9.51. The maximum absolute atomic E-state index is 13.0. The van der Waals surface area contributed by atoms with Gasteiger partial charge in [-0.25, -0.2) is 0 Å². The van der Waals surface area contributed by atoms with Gasteiger partial charge in [0.15, 0.2) is 5.78 Å². The first-order valence-corrected chi connectivity index (χ1v) is 9.80. The molecule has 0 fully saturated rings. The molecule has 0 spiro atoms. The van der Waals surface area contributed by atoms with Crippen LogP contribution in [0.5, 0.6) is 0 Å². The number of carbonyl (C=O) groups is 1. The molecule has 4 aliphatic rings. The predicted molar refractivity (Wildman–Crippen MR) is 102 cm³/mol. The van der Waals surface area contributed by atoms with Crippen LogP contribution in [0.2, 0.25) is 0 Å². The summed E-state index contributed by atoms with van der Waals surface area (Å²) in [6.07, 6.45) is 14.0. The lowest BCUT2D eigenvalue weighted by Gasteiger charge is -2.22. The number of aryl methyl sites for hydroxylation is 6. The molecule has 4 aliphatic carbocycles. The monoisotopic (exact) mass is 328 g/mol. The number of hydrogen-bond donors (Lipinski definition) is 0. The Morgan fingerprint density at radius 1 is 0.560 bits per heavy atom. The number of hydrogen-bond acceptors (Lipinski definition) is 1. The maximum Gasteiger partial charge on any atom is 0.186 e. The van der Waals surface area contributed by atoms with Crippen molar-refractivity contribution < 1.29 is 4.79 Å². The van der Waals surface area contributed by atoms with Gasteiger partial charge in [0.1, 0.15) is 0 Å². The zero-order valence-corrected chi connectivity index (χ0v) is 14.7. The van der Waals surface area contributed by atoms with E-state index in [-0.39, 0.29) is 5.78 Å². The van der Waals surface area contributed by atoms with Crippen LogP contribution >= 0.6 is 0 Å². The van der Waals surface area contributed by atoms with Gasteiger partial charge in [-0.3, -0.25) is 4.79 Å². The van der Waals surface area contributed by atoms with Gasteiger partial charge in [-0.15, -0.1) is 0 Å². The Kier molecular flexibility index (Phi) is 3.62. The fraction of sp³-hybridized carbons (Fsp3) is 0.375. The van der Waals surface area contributed by atoms with Crippen LogP contribution in [0.1, 0.15) is 68.6 Å². The smallest absolute Gasteiger partial charge is 0.186 e. The summed E-state index contributed by atoms with van der Waals surface area (Å²) in [5.41, 5.74) is 10.8. The largest absolute Gasteiger partial charge is 0.289 e. The van der Waals surface area contributed by atoms with Crippen LogP contribution in [0.25, 0.3) is 6.08 Å². The Bertz CT molecular complexity index is 848. The van der Waals surface area contributed by atoms with Crippen LogP contribution < -0.4 is 0 Å². The van der Waals surface area contributed by atoms with Gasteiger partial charge in [-0.05, 0) is 103 Å². The molecule has 6 rings (SSSR count). The number of fused-ring (bicyclic) bond motifs is 7. The molecule has 0 N–H and O–H groups in total. The Morgan fingerprint density at radius 3 is 1.64 bits per heavy atom. The lowest BCUT2D eigenvalue weighted by atomic mass is 9.82. The fourth-order valence-corrected chi connectivity index (χ4v) is 5.00. The van der Waals surface area contributed by atoms with E-state index >= 15 is 0 Å². The van der Waals surface area contributed by atoms with Gasteiger partial charge >= 0.3 is 0 Å². The molecule has 0 saturated heterocycles. The molecule has 0 amide bonds. The van der Waals surface area contributed by atoms with Crippen molar-refractivity contribution in [2.24, 2.45) is 0 Å². The van der Waals surface area contributed by atoms with E-state index in [2.05, 4.69) is 30.3 Å². The fourth-order valence-electron chi connectivity index (χ4n) is 5.00. The summed E-state index contributed by atoms with van der Waals surface area (Å²) in [5.74, 6) is 0.207. The van der Waals surface area contributed by atoms with Gasteiger partial charge in [0, 0.05) is 5.56 Å². The molecule has 1 heteroatoms. The second-order valence-corrected chi connectivity index (χ2v) is 7.88. The maximum atomic E-state index is 13.0. The molecule has 0 saturated carbocycles. The highest BCUT2D eigenvalue weighted by molar-refractivity contribution is 6.09. The molecule has 0 aromatic heterocycles. The van der Waals surface area contributed by atoms with Crippen LogP contribution in [0.3, 0.4) is 0 Å². The van der Waals surface area contributed by atoms with Crippen molar-refractivity contribution >= 4 is 11.9 Å². The third-order valence-corrected chi connectivity index (χ3v) is 6.14. The first kappa shape index (κ1) is 15.1. The van der Waals surface area contributed by atoms with Crippen LogP contribution in [-0.4, -0.2) is 5.78 Å². The average Bonchev–Trinajstić information content (AvgIpc) is 2.59. The van der Waals surface area contributed by atoms with E-state index in [1.54, 1.807) is 0 Å². The highest BCUT2D eigenvalue weighted by Crippen LogP contribution is 2.31. The van der Waals surface area contributed by atoms with E-state index in [1.807, 2.05) is 6.08 Å². The standard InChI is InChI=1S/C24H24O/c25-23-11-10-22-18-6-2-8-20-14-17-5-1-4-16(12-18)13-19(22)7-3-9-21(15-17)24(20)23/h10-15H,1-9H2/b11-10-. The van der Waals surface area contributed by atoms with Crippen molar-refractivity contribution in [3.05, 3.63) is 74.8 Å². The average molecular weight is 328 g/mol. The van der Waals surface area contributed by atoms with Gasteiger partial charge in [0.25, 0.3) is 0 Å². The van der Waals surface area contributed by atoms with Crippen LogP contribution in [0.15, 0.2) is 30.3 Å². The molecule has 0 radical (unpaired) electrons. The lowest BCUT2D eigenvalue weighted by Crippen LogP contribution is -2.13. The Balaban J connectivity index is 1.86. The molecule has 0 heterocycles. The highest BCUT2D eigenvalue weighted by Gasteiger charge is 2.21. The molecule has 0 atom stereocenters. The molecule has 0 aliphatic heterocycles. The van der Waals surface area contributed by atoms with Gasteiger partial charge in [-0.2, -0.15) is 0 Å². The second kappa shape index (κ2) is 5.98. The normalized spacial score (nSPS) is 19.8. The first-order valence-electron chi connectivity index (χ1n) is 9.80. The van der Waals surface area contributed by atoms with Crippen molar-refractivity contribution in [1.82, 2.24) is 0 Å². The van der Waals surface area contributed by atoms with E-state index in [0.29, 0.717) is 0 Å². The topological polar surface area (TPSA) is 17.1 Å². The number of allylic oxidation sites excluding steroid dienone is 1. The molecule has 2 aromatic rings. The van der Waals surface area contributed by atoms with E-state index < -0.39 is 0 Å². The third-order valence-electron chi connectivity index (χ3n) is 6.14. The Labute approximate surface area is 149 Å². The minimum Gasteiger partial charge on any atom is -0.289 e. The number of rotatable bonds is 0. The predicted octanol–water partition coefficient (Wildman–Crippen LogP) is 5.05. The van der Waals surface area contributed by atoms with Crippen molar-refractivity contribution in [2.75, 3.05) is 0 Å². The van der Waals surface area contributed by atoms with Crippen LogP contribution in [0.4, 0.5) is 0 Å². The summed E-state index contributed by atoms with van der Waals surface area (Å²) in [5, 5.41) is 0. The molecule has 25 heavy (non-hydrogen) atoms. The zero-order valence-electron chi connectivity index (χ0n) is 14.7. The summed E-state index contributed by atoms with van der Waals surface area (Å²) in [4.78, 5) is 13.0. The number of carbonyl (C=O) groups excluding carboxylic acids is 1. The van der Waals surface area contributed by atoms with E-state index in [9.17, 15) is 4.79 Å². The van der Waals surface area contributed by atoms with E-state index in [0.717, 1.165) is 56.9 Å². The molecular weight excluding hydrogens is 304 g/mol. The van der Waals surface area contributed by atoms with Gasteiger partial charge in [-0.1, -0.05) is 30.3 Å². The Hall–Kier alpha value is -2.15. The molecule has 0 unspecified atom stereocenters. The molecular formula is C24H24O. The van der Waals surface area contributed by atoms with Gasteiger partial charge in [0.05, 0.1) is 0 Å². The number of benzene rings is 2. The van der Waals surface area contributed by atoms with Crippen molar-refractivity contribution in [1.29, 1.82) is 0 Å². The highest BCUT2D eigenvalue weighted by atomic mass is 16.1. The van der Waals surface area contributed by atoms with Gasteiger partial charge in [0.2, 0.25) is 0 Å². The van der Waals surface area contributed by atoms with Crippen LogP contribution in [0, 0.1) is 0 Å². The Morgan fingerprint density at radius 2 is 1.04 bits per heavy atom. The first-order chi connectivity index (χ1) is 12.3. The summed E-state index contributed by atoms with van der Waals surface area (Å²) in [6.45, 7) is 0. The van der Waals surface area contributed by atoms with Crippen molar-refractivity contribution in [2.45, 2.75) is 57.8 Å². The summed E-state index contributed by atoms with van der Waals surface area (Å²) < 4.78 is 0. The molecule has 2 aromatic carbocycles.